The Morgan fingerprint density at radius 2 is 2.12 bits per heavy atom. The lowest BCUT2D eigenvalue weighted by atomic mass is 9.96. The van der Waals surface area contributed by atoms with Gasteiger partial charge in [-0.1, -0.05) is 25.1 Å². The van der Waals surface area contributed by atoms with Crippen LogP contribution in [0.1, 0.15) is 44.1 Å². The van der Waals surface area contributed by atoms with Crippen LogP contribution in [0.5, 0.6) is 5.75 Å². The Morgan fingerprint density at radius 1 is 1.29 bits per heavy atom. The average molecular weight is 233 g/mol. The first-order valence-electron chi connectivity index (χ1n) is 6.74. The zero-order chi connectivity index (χ0) is 12.1. The van der Waals surface area contributed by atoms with E-state index in [1.54, 1.807) is 0 Å². The fourth-order valence-corrected chi connectivity index (χ4v) is 2.69. The summed E-state index contributed by atoms with van der Waals surface area (Å²) in [5, 5.41) is 3.39. The van der Waals surface area contributed by atoms with Gasteiger partial charge in [-0.05, 0) is 50.3 Å². The Bertz CT molecular complexity index is 351. The molecule has 0 aliphatic heterocycles. The first-order chi connectivity index (χ1) is 8.35. The minimum absolute atomic E-state index is 0.667. The van der Waals surface area contributed by atoms with E-state index in [0.29, 0.717) is 12.0 Å². The topological polar surface area (TPSA) is 21.3 Å². The normalized spacial score (nSPS) is 23.9. The lowest BCUT2D eigenvalue weighted by Gasteiger charge is -2.16. The highest BCUT2D eigenvalue weighted by atomic mass is 16.5. The van der Waals surface area contributed by atoms with E-state index in [1.807, 2.05) is 0 Å². The van der Waals surface area contributed by atoms with E-state index in [0.717, 1.165) is 18.8 Å². The van der Waals surface area contributed by atoms with Gasteiger partial charge < -0.3 is 10.1 Å². The maximum atomic E-state index is 5.85. The van der Waals surface area contributed by atoms with Crippen molar-refractivity contribution >= 4 is 0 Å². The largest absolute Gasteiger partial charge is 0.493 e. The van der Waals surface area contributed by atoms with Gasteiger partial charge in [0.25, 0.3) is 0 Å². The Labute approximate surface area is 104 Å². The maximum absolute atomic E-state index is 5.85. The van der Waals surface area contributed by atoms with E-state index < -0.39 is 0 Å². The molecule has 1 saturated carbocycles. The van der Waals surface area contributed by atoms with Crippen molar-refractivity contribution in [3.8, 4) is 5.75 Å². The van der Waals surface area contributed by atoms with E-state index in [9.17, 15) is 0 Å². The summed E-state index contributed by atoms with van der Waals surface area (Å²) in [6.07, 6.45) is 4.86. The second-order valence-corrected chi connectivity index (χ2v) is 4.88. The molecule has 1 fully saturated rings. The summed E-state index contributed by atoms with van der Waals surface area (Å²) in [4.78, 5) is 0. The van der Waals surface area contributed by atoms with Gasteiger partial charge in [-0.25, -0.2) is 0 Å². The molecular weight excluding hydrogens is 210 g/mol. The predicted molar refractivity (Wildman–Crippen MR) is 71.7 cm³/mol. The maximum Gasteiger partial charge on any atom is 0.122 e. The summed E-state index contributed by atoms with van der Waals surface area (Å²) < 4.78 is 5.85. The Balaban J connectivity index is 2.09. The van der Waals surface area contributed by atoms with Crippen LogP contribution in [0.4, 0.5) is 0 Å². The SMILES string of the molecule is CCCOc1ccccc1C1CCC(NC)C1. The molecule has 2 heteroatoms. The van der Waals surface area contributed by atoms with Crippen LogP contribution in [0, 0.1) is 0 Å². The Hall–Kier alpha value is -1.02. The van der Waals surface area contributed by atoms with Gasteiger partial charge in [0.15, 0.2) is 0 Å². The molecule has 1 aliphatic carbocycles. The Kier molecular flexibility index (Phi) is 4.43. The molecule has 17 heavy (non-hydrogen) atoms. The third kappa shape index (κ3) is 3.01. The van der Waals surface area contributed by atoms with Crippen LogP contribution < -0.4 is 10.1 Å². The van der Waals surface area contributed by atoms with Gasteiger partial charge in [0.1, 0.15) is 5.75 Å². The number of para-hydroxylation sites is 1. The van der Waals surface area contributed by atoms with Crippen molar-refractivity contribution in [1.82, 2.24) is 5.32 Å². The quantitative estimate of drug-likeness (QED) is 0.842. The van der Waals surface area contributed by atoms with Crippen molar-refractivity contribution < 1.29 is 4.74 Å². The summed E-state index contributed by atoms with van der Waals surface area (Å²) in [6.45, 7) is 2.97. The van der Waals surface area contributed by atoms with Crippen molar-refractivity contribution in [2.45, 2.75) is 44.6 Å². The number of hydrogen-bond acceptors (Lipinski definition) is 2. The molecule has 1 aromatic rings. The zero-order valence-corrected chi connectivity index (χ0v) is 10.9. The molecule has 1 N–H and O–H groups in total. The van der Waals surface area contributed by atoms with E-state index >= 15 is 0 Å². The molecule has 0 heterocycles. The second-order valence-electron chi connectivity index (χ2n) is 4.88. The summed E-state index contributed by atoms with van der Waals surface area (Å²) in [5.41, 5.74) is 1.40. The first kappa shape index (κ1) is 12.4. The molecule has 0 aromatic heterocycles. The van der Waals surface area contributed by atoms with Gasteiger partial charge in [0.05, 0.1) is 6.61 Å². The third-order valence-electron chi connectivity index (χ3n) is 3.66. The number of hydrogen-bond donors (Lipinski definition) is 1. The van der Waals surface area contributed by atoms with Crippen LogP contribution in [-0.4, -0.2) is 19.7 Å². The van der Waals surface area contributed by atoms with Gasteiger partial charge in [-0.15, -0.1) is 0 Å². The van der Waals surface area contributed by atoms with E-state index in [2.05, 4.69) is 43.6 Å². The van der Waals surface area contributed by atoms with Crippen LogP contribution in [-0.2, 0) is 0 Å². The number of rotatable bonds is 5. The molecule has 0 bridgehead atoms. The fraction of sp³-hybridized carbons (Fsp3) is 0.600. The number of benzene rings is 1. The minimum atomic E-state index is 0.667. The summed E-state index contributed by atoms with van der Waals surface area (Å²) >= 11 is 0. The van der Waals surface area contributed by atoms with Crippen LogP contribution in [0.15, 0.2) is 24.3 Å². The molecule has 2 unspecified atom stereocenters. The fourth-order valence-electron chi connectivity index (χ4n) is 2.69. The minimum Gasteiger partial charge on any atom is -0.493 e. The van der Waals surface area contributed by atoms with Gasteiger partial charge in [-0.3, -0.25) is 0 Å². The highest BCUT2D eigenvalue weighted by Crippen LogP contribution is 2.38. The molecule has 1 aliphatic rings. The zero-order valence-electron chi connectivity index (χ0n) is 10.9. The second kappa shape index (κ2) is 6.06. The Morgan fingerprint density at radius 3 is 2.82 bits per heavy atom. The van der Waals surface area contributed by atoms with Gasteiger partial charge in [0.2, 0.25) is 0 Å². The standard InChI is InChI=1S/C15H23NO/c1-3-10-17-15-7-5-4-6-14(15)12-8-9-13(11-12)16-2/h4-7,12-13,16H,3,8-11H2,1-2H3. The molecule has 0 saturated heterocycles. The van der Waals surface area contributed by atoms with Crippen LogP contribution in [0.25, 0.3) is 0 Å². The van der Waals surface area contributed by atoms with E-state index in [-0.39, 0.29) is 0 Å². The van der Waals surface area contributed by atoms with Gasteiger partial charge in [0, 0.05) is 6.04 Å². The molecule has 0 spiro atoms. The summed E-state index contributed by atoms with van der Waals surface area (Å²) in [5.74, 6) is 1.76. The van der Waals surface area contributed by atoms with Crippen LogP contribution in [0.2, 0.25) is 0 Å². The highest BCUT2D eigenvalue weighted by Gasteiger charge is 2.26. The number of nitrogens with one attached hydrogen (secondary N) is 1. The molecule has 94 valence electrons. The van der Waals surface area contributed by atoms with Crippen molar-refractivity contribution in [3.05, 3.63) is 29.8 Å². The molecule has 2 atom stereocenters. The molecular formula is C15H23NO. The van der Waals surface area contributed by atoms with Crippen molar-refractivity contribution in [1.29, 1.82) is 0 Å². The summed E-state index contributed by atoms with van der Waals surface area (Å²) in [7, 11) is 2.06. The van der Waals surface area contributed by atoms with Crippen molar-refractivity contribution in [2.24, 2.45) is 0 Å². The first-order valence-corrected chi connectivity index (χ1v) is 6.74. The summed E-state index contributed by atoms with van der Waals surface area (Å²) in [6, 6.07) is 9.21. The molecule has 2 rings (SSSR count). The van der Waals surface area contributed by atoms with Crippen LogP contribution >= 0.6 is 0 Å². The van der Waals surface area contributed by atoms with Gasteiger partial charge >= 0.3 is 0 Å². The molecule has 0 amide bonds. The van der Waals surface area contributed by atoms with Gasteiger partial charge in [-0.2, -0.15) is 0 Å². The third-order valence-corrected chi connectivity index (χ3v) is 3.66. The van der Waals surface area contributed by atoms with Crippen molar-refractivity contribution in [2.75, 3.05) is 13.7 Å². The molecule has 1 aromatic carbocycles. The van der Waals surface area contributed by atoms with E-state index in [4.69, 9.17) is 4.74 Å². The van der Waals surface area contributed by atoms with Crippen molar-refractivity contribution in [3.63, 3.8) is 0 Å². The molecule has 0 radical (unpaired) electrons. The predicted octanol–water partition coefficient (Wildman–Crippen LogP) is 3.33. The lowest BCUT2D eigenvalue weighted by molar-refractivity contribution is 0.312. The lowest BCUT2D eigenvalue weighted by Crippen LogP contribution is -2.21. The smallest absolute Gasteiger partial charge is 0.122 e. The van der Waals surface area contributed by atoms with Crippen LogP contribution in [0.3, 0.4) is 0 Å². The molecule has 2 nitrogen and oxygen atoms in total. The highest BCUT2D eigenvalue weighted by molar-refractivity contribution is 5.37. The average Bonchev–Trinajstić information content (AvgIpc) is 2.85. The monoisotopic (exact) mass is 233 g/mol. The van der Waals surface area contributed by atoms with E-state index in [1.165, 1.54) is 24.8 Å². The number of ether oxygens (including phenoxy) is 1.